The summed E-state index contributed by atoms with van der Waals surface area (Å²) in [6.07, 6.45) is 0. The van der Waals surface area contributed by atoms with Gasteiger partial charge in [0.1, 0.15) is 12.4 Å². The van der Waals surface area contributed by atoms with Crippen LogP contribution in [0.3, 0.4) is 0 Å². The molecular weight excluding hydrogens is 321 g/mol. The highest BCUT2D eigenvalue weighted by atomic mass is 32.2. The largest absolute Gasteiger partial charge is 0.497 e. The number of methoxy groups -OCH3 is 1. The fourth-order valence-corrected chi connectivity index (χ4v) is 3.26. The number of benzene rings is 2. The van der Waals surface area contributed by atoms with Crippen LogP contribution in [-0.4, -0.2) is 28.7 Å². The molecule has 0 unspecified atom stereocenters. The van der Waals surface area contributed by atoms with E-state index in [9.17, 15) is 12.8 Å². The molecule has 2 rings (SSSR count). The number of hydrogen-bond acceptors (Lipinski definition) is 4. The fraction of sp³-hybridized carbons (Fsp3) is 0.250. The van der Waals surface area contributed by atoms with E-state index in [0.29, 0.717) is 11.3 Å². The maximum Gasteiger partial charge on any atom is 0.240 e. The second kappa shape index (κ2) is 7.43. The third-order valence-electron chi connectivity index (χ3n) is 3.16. The first-order chi connectivity index (χ1) is 10.9. The number of halogens is 1. The van der Waals surface area contributed by atoms with Gasteiger partial charge in [-0.2, -0.15) is 0 Å². The van der Waals surface area contributed by atoms with Crippen molar-refractivity contribution in [2.75, 3.05) is 20.3 Å². The molecule has 0 radical (unpaired) electrons. The molecule has 0 heterocycles. The lowest BCUT2D eigenvalue weighted by Crippen LogP contribution is -2.28. The van der Waals surface area contributed by atoms with Gasteiger partial charge >= 0.3 is 0 Å². The van der Waals surface area contributed by atoms with E-state index in [1.54, 1.807) is 31.2 Å². The van der Waals surface area contributed by atoms with E-state index in [2.05, 4.69) is 4.72 Å². The molecule has 124 valence electrons. The zero-order chi connectivity index (χ0) is 16.9. The average molecular weight is 339 g/mol. The first-order valence-corrected chi connectivity index (χ1v) is 8.44. The summed E-state index contributed by atoms with van der Waals surface area (Å²) in [5.41, 5.74) is 0.576. The Hall–Kier alpha value is -2.12. The molecule has 5 nitrogen and oxygen atoms in total. The van der Waals surface area contributed by atoms with Gasteiger partial charge in [-0.3, -0.25) is 0 Å². The Bertz CT molecular complexity index is 777. The SMILES string of the molecule is COc1ccc(S(=O)(=O)NCCOc2ccccc2F)c(C)c1. The second-order valence-corrected chi connectivity index (χ2v) is 6.54. The fourth-order valence-electron chi connectivity index (χ4n) is 2.03. The summed E-state index contributed by atoms with van der Waals surface area (Å²) in [4.78, 5) is 0.171. The molecule has 0 aliphatic rings. The second-order valence-electron chi connectivity index (χ2n) is 4.81. The highest BCUT2D eigenvalue weighted by Crippen LogP contribution is 2.20. The molecule has 0 aliphatic heterocycles. The van der Waals surface area contributed by atoms with Gasteiger partial charge in [-0.25, -0.2) is 17.5 Å². The van der Waals surface area contributed by atoms with Crippen LogP contribution in [0.25, 0.3) is 0 Å². The van der Waals surface area contributed by atoms with E-state index >= 15 is 0 Å². The number of aryl methyl sites for hydroxylation is 1. The van der Waals surface area contributed by atoms with Gasteiger partial charge in [0.05, 0.1) is 12.0 Å². The zero-order valence-electron chi connectivity index (χ0n) is 12.9. The predicted molar refractivity (Wildman–Crippen MR) is 84.8 cm³/mol. The molecule has 0 saturated carbocycles. The number of para-hydroxylation sites is 1. The summed E-state index contributed by atoms with van der Waals surface area (Å²) < 4.78 is 50.6. The van der Waals surface area contributed by atoms with Gasteiger partial charge in [0, 0.05) is 6.54 Å². The molecule has 0 saturated heterocycles. The minimum absolute atomic E-state index is 0.0232. The maximum atomic E-state index is 13.4. The summed E-state index contributed by atoms with van der Waals surface area (Å²) in [7, 11) is -2.14. The zero-order valence-corrected chi connectivity index (χ0v) is 13.7. The topological polar surface area (TPSA) is 64.6 Å². The summed E-state index contributed by atoms with van der Waals surface area (Å²) in [6.45, 7) is 1.74. The van der Waals surface area contributed by atoms with Crippen molar-refractivity contribution in [1.82, 2.24) is 4.72 Å². The minimum atomic E-state index is -3.66. The van der Waals surface area contributed by atoms with Crippen LogP contribution >= 0.6 is 0 Å². The molecule has 0 fully saturated rings. The first-order valence-electron chi connectivity index (χ1n) is 6.95. The van der Waals surface area contributed by atoms with E-state index in [0.717, 1.165) is 0 Å². The van der Waals surface area contributed by atoms with Gasteiger partial charge < -0.3 is 9.47 Å². The Morgan fingerprint density at radius 3 is 2.57 bits per heavy atom. The quantitative estimate of drug-likeness (QED) is 0.787. The van der Waals surface area contributed by atoms with E-state index in [-0.39, 0.29) is 23.8 Å². The van der Waals surface area contributed by atoms with Crippen molar-refractivity contribution in [3.05, 3.63) is 53.8 Å². The molecule has 23 heavy (non-hydrogen) atoms. The Kier molecular flexibility index (Phi) is 5.57. The lowest BCUT2D eigenvalue weighted by atomic mass is 10.2. The van der Waals surface area contributed by atoms with Crippen LogP contribution in [-0.2, 0) is 10.0 Å². The molecule has 2 aromatic carbocycles. The summed E-state index contributed by atoms with van der Waals surface area (Å²) in [5, 5.41) is 0. The van der Waals surface area contributed by atoms with Crippen LogP contribution in [0.5, 0.6) is 11.5 Å². The Labute approximate surface area is 135 Å². The van der Waals surface area contributed by atoms with Crippen LogP contribution in [0.1, 0.15) is 5.56 Å². The Morgan fingerprint density at radius 1 is 1.17 bits per heavy atom. The van der Waals surface area contributed by atoms with Crippen molar-refractivity contribution < 1.29 is 22.3 Å². The van der Waals surface area contributed by atoms with Crippen LogP contribution in [0, 0.1) is 12.7 Å². The van der Waals surface area contributed by atoms with Crippen LogP contribution in [0.4, 0.5) is 4.39 Å². The number of hydrogen-bond donors (Lipinski definition) is 1. The summed E-state index contributed by atoms with van der Waals surface area (Å²) in [5.74, 6) is 0.193. The molecule has 1 N–H and O–H groups in total. The Balaban J connectivity index is 1.95. The lowest BCUT2D eigenvalue weighted by molar-refractivity contribution is 0.306. The highest BCUT2D eigenvalue weighted by Gasteiger charge is 2.16. The van der Waals surface area contributed by atoms with Crippen LogP contribution in [0.2, 0.25) is 0 Å². The lowest BCUT2D eigenvalue weighted by Gasteiger charge is -2.11. The molecule has 7 heteroatoms. The van der Waals surface area contributed by atoms with E-state index in [4.69, 9.17) is 9.47 Å². The Morgan fingerprint density at radius 2 is 1.91 bits per heavy atom. The maximum absolute atomic E-state index is 13.4. The number of nitrogens with one attached hydrogen (secondary N) is 1. The van der Waals surface area contributed by atoms with E-state index < -0.39 is 15.8 Å². The molecular formula is C16H18FNO4S. The molecule has 0 spiro atoms. The van der Waals surface area contributed by atoms with Crippen LogP contribution in [0.15, 0.2) is 47.4 Å². The van der Waals surface area contributed by atoms with Gasteiger partial charge in [0.15, 0.2) is 11.6 Å². The van der Waals surface area contributed by atoms with E-state index in [1.807, 2.05) is 0 Å². The number of sulfonamides is 1. The molecule has 0 atom stereocenters. The standard InChI is InChI=1S/C16H18FNO4S/c1-12-11-13(21-2)7-8-16(12)23(19,20)18-9-10-22-15-6-4-3-5-14(15)17/h3-8,11,18H,9-10H2,1-2H3. The minimum Gasteiger partial charge on any atom is -0.497 e. The first kappa shape index (κ1) is 17.2. The smallest absolute Gasteiger partial charge is 0.240 e. The van der Waals surface area contributed by atoms with Gasteiger partial charge in [-0.15, -0.1) is 0 Å². The highest BCUT2D eigenvalue weighted by molar-refractivity contribution is 7.89. The summed E-state index contributed by atoms with van der Waals surface area (Å²) in [6, 6.07) is 10.7. The van der Waals surface area contributed by atoms with Gasteiger partial charge in [-0.1, -0.05) is 12.1 Å². The van der Waals surface area contributed by atoms with Gasteiger partial charge in [-0.05, 0) is 42.8 Å². The van der Waals surface area contributed by atoms with Crippen molar-refractivity contribution >= 4 is 10.0 Å². The van der Waals surface area contributed by atoms with E-state index in [1.165, 1.54) is 25.3 Å². The van der Waals surface area contributed by atoms with Gasteiger partial charge in [0.25, 0.3) is 0 Å². The third kappa shape index (κ3) is 4.43. The van der Waals surface area contributed by atoms with Crippen molar-refractivity contribution in [3.63, 3.8) is 0 Å². The van der Waals surface area contributed by atoms with Crippen molar-refractivity contribution in [2.24, 2.45) is 0 Å². The molecule has 2 aromatic rings. The average Bonchev–Trinajstić information content (AvgIpc) is 2.52. The molecule has 0 bridgehead atoms. The van der Waals surface area contributed by atoms with Gasteiger partial charge in [0.2, 0.25) is 10.0 Å². The molecule has 0 aliphatic carbocycles. The molecule has 0 aromatic heterocycles. The van der Waals surface area contributed by atoms with Crippen molar-refractivity contribution in [3.8, 4) is 11.5 Å². The number of rotatable bonds is 7. The van der Waals surface area contributed by atoms with Crippen molar-refractivity contribution in [1.29, 1.82) is 0 Å². The molecule has 0 amide bonds. The number of ether oxygens (including phenoxy) is 2. The predicted octanol–water partition coefficient (Wildman–Crippen LogP) is 2.50. The summed E-state index contributed by atoms with van der Waals surface area (Å²) >= 11 is 0. The van der Waals surface area contributed by atoms with Crippen molar-refractivity contribution in [2.45, 2.75) is 11.8 Å². The van der Waals surface area contributed by atoms with Crippen LogP contribution < -0.4 is 14.2 Å². The normalized spacial score (nSPS) is 11.3. The monoisotopic (exact) mass is 339 g/mol. The third-order valence-corrected chi connectivity index (χ3v) is 4.78.